The van der Waals surface area contributed by atoms with Crippen molar-refractivity contribution >= 4 is 17.6 Å². The van der Waals surface area contributed by atoms with Crippen LogP contribution in [0.5, 0.6) is 0 Å². The number of rotatable bonds is 6. The van der Waals surface area contributed by atoms with E-state index in [0.29, 0.717) is 18.8 Å². The van der Waals surface area contributed by atoms with Gasteiger partial charge in [0.2, 0.25) is 5.91 Å². The van der Waals surface area contributed by atoms with Gasteiger partial charge in [-0.3, -0.25) is 9.78 Å². The fraction of sp³-hybridized carbons (Fsp3) is 0.417. The second kappa shape index (κ2) is 5.48. The van der Waals surface area contributed by atoms with Crippen LogP contribution in [0.1, 0.15) is 23.2 Å². The number of carbonyl (C=O) groups excluding carboxylic acids is 1. The lowest BCUT2D eigenvalue weighted by molar-refractivity contribution is -0.122. The number of aromatic nitrogens is 1. The van der Waals surface area contributed by atoms with Crippen molar-refractivity contribution in [1.82, 2.24) is 10.3 Å². The third kappa shape index (κ3) is 3.19. The number of hydrogen-bond donors (Lipinski definition) is 3. The van der Waals surface area contributed by atoms with Gasteiger partial charge >= 0.3 is 5.97 Å². The highest BCUT2D eigenvalue weighted by atomic mass is 16.4. The number of nitrogens with zero attached hydrogens (tertiary/aromatic N) is 1. The van der Waals surface area contributed by atoms with Crippen molar-refractivity contribution in [2.45, 2.75) is 12.8 Å². The van der Waals surface area contributed by atoms with Crippen LogP contribution in [0.15, 0.2) is 18.5 Å². The molecule has 0 unspecified atom stereocenters. The molecule has 6 nitrogen and oxygen atoms in total. The van der Waals surface area contributed by atoms with E-state index in [1.54, 1.807) is 6.07 Å². The van der Waals surface area contributed by atoms with E-state index in [1.807, 2.05) is 0 Å². The molecule has 1 aromatic heterocycles. The first-order chi connectivity index (χ1) is 8.68. The quantitative estimate of drug-likeness (QED) is 0.646. The van der Waals surface area contributed by atoms with E-state index in [4.69, 9.17) is 5.11 Å². The number of carbonyl (C=O) groups is 2. The first kappa shape index (κ1) is 12.3. The van der Waals surface area contributed by atoms with Gasteiger partial charge in [0.1, 0.15) is 5.56 Å². The van der Waals surface area contributed by atoms with Crippen LogP contribution in [0, 0.1) is 5.92 Å². The largest absolute Gasteiger partial charge is 0.478 e. The summed E-state index contributed by atoms with van der Waals surface area (Å²) in [4.78, 5) is 26.0. The number of carboxylic acids is 1. The molecule has 3 N–H and O–H groups in total. The summed E-state index contributed by atoms with van der Waals surface area (Å²) < 4.78 is 0. The highest BCUT2D eigenvalue weighted by molar-refractivity contribution is 5.93. The number of hydrogen-bond acceptors (Lipinski definition) is 4. The van der Waals surface area contributed by atoms with Crippen LogP contribution >= 0.6 is 0 Å². The van der Waals surface area contributed by atoms with Crippen LogP contribution in [0.4, 0.5) is 5.69 Å². The van der Waals surface area contributed by atoms with Crippen molar-refractivity contribution in [2.24, 2.45) is 5.92 Å². The molecule has 0 aliphatic heterocycles. The van der Waals surface area contributed by atoms with Gasteiger partial charge in [-0.25, -0.2) is 4.79 Å². The third-order valence-corrected chi connectivity index (χ3v) is 2.74. The predicted octanol–water partition coefficient (Wildman–Crippen LogP) is 0.718. The van der Waals surface area contributed by atoms with Gasteiger partial charge in [-0.15, -0.1) is 0 Å². The summed E-state index contributed by atoms with van der Waals surface area (Å²) in [6.07, 6.45) is 4.78. The first-order valence-corrected chi connectivity index (χ1v) is 5.87. The Hall–Kier alpha value is -2.11. The molecule has 96 valence electrons. The number of pyridine rings is 1. The van der Waals surface area contributed by atoms with E-state index >= 15 is 0 Å². The number of aromatic carboxylic acids is 1. The number of carboxylic acid groups (broad SMARTS) is 1. The predicted molar refractivity (Wildman–Crippen MR) is 65.4 cm³/mol. The Bertz CT molecular complexity index is 458. The second-order valence-corrected chi connectivity index (χ2v) is 4.22. The van der Waals surface area contributed by atoms with Crippen molar-refractivity contribution in [3.05, 3.63) is 24.0 Å². The van der Waals surface area contributed by atoms with Gasteiger partial charge in [0.15, 0.2) is 0 Å². The Balaban J connectivity index is 1.79. The molecule has 1 fully saturated rings. The van der Waals surface area contributed by atoms with E-state index < -0.39 is 5.97 Å². The monoisotopic (exact) mass is 249 g/mol. The molecule has 0 atom stereocenters. The molecule has 0 spiro atoms. The maximum Gasteiger partial charge on any atom is 0.339 e. The van der Waals surface area contributed by atoms with E-state index in [0.717, 1.165) is 12.8 Å². The summed E-state index contributed by atoms with van der Waals surface area (Å²) in [6, 6.07) is 1.60. The highest BCUT2D eigenvalue weighted by Crippen LogP contribution is 2.28. The molecule has 0 saturated heterocycles. The number of nitrogens with one attached hydrogen (secondary N) is 2. The van der Waals surface area contributed by atoms with Crippen molar-refractivity contribution < 1.29 is 14.7 Å². The smallest absolute Gasteiger partial charge is 0.339 e. The fourth-order valence-corrected chi connectivity index (χ4v) is 1.59. The lowest BCUT2D eigenvalue weighted by Crippen LogP contribution is -2.30. The maximum atomic E-state index is 11.3. The molecular weight excluding hydrogens is 234 g/mol. The molecule has 1 amide bonds. The van der Waals surface area contributed by atoms with Crippen molar-refractivity contribution in [2.75, 3.05) is 18.4 Å². The van der Waals surface area contributed by atoms with Gasteiger partial charge in [-0.05, 0) is 18.9 Å². The van der Waals surface area contributed by atoms with Crippen molar-refractivity contribution in [3.8, 4) is 0 Å². The maximum absolute atomic E-state index is 11.3. The Kier molecular flexibility index (Phi) is 3.76. The van der Waals surface area contributed by atoms with E-state index in [-0.39, 0.29) is 17.4 Å². The normalized spacial score (nSPS) is 14.0. The van der Waals surface area contributed by atoms with Gasteiger partial charge in [0, 0.05) is 31.4 Å². The van der Waals surface area contributed by atoms with Crippen LogP contribution < -0.4 is 10.6 Å². The van der Waals surface area contributed by atoms with Crippen LogP contribution in [0.25, 0.3) is 0 Å². The summed E-state index contributed by atoms with van der Waals surface area (Å²) >= 11 is 0. The Morgan fingerprint density at radius 1 is 1.39 bits per heavy atom. The van der Waals surface area contributed by atoms with Gasteiger partial charge in [0.05, 0.1) is 5.69 Å². The molecule has 1 heterocycles. The molecule has 2 rings (SSSR count). The summed E-state index contributed by atoms with van der Waals surface area (Å²) in [6.45, 7) is 0.972. The summed E-state index contributed by atoms with van der Waals surface area (Å²) in [5.41, 5.74) is 0.643. The van der Waals surface area contributed by atoms with Crippen LogP contribution in [0.2, 0.25) is 0 Å². The first-order valence-electron chi connectivity index (χ1n) is 5.87. The molecule has 18 heavy (non-hydrogen) atoms. The zero-order valence-electron chi connectivity index (χ0n) is 9.85. The average Bonchev–Trinajstić information content (AvgIpc) is 3.19. The third-order valence-electron chi connectivity index (χ3n) is 2.74. The van der Waals surface area contributed by atoms with Crippen molar-refractivity contribution in [1.29, 1.82) is 0 Å². The Labute approximate surface area is 104 Å². The van der Waals surface area contributed by atoms with Crippen LogP contribution in [-0.2, 0) is 4.79 Å². The molecule has 1 aliphatic rings. The number of amides is 1. The van der Waals surface area contributed by atoms with E-state index in [2.05, 4.69) is 15.6 Å². The lowest BCUT2D eigenvalue weighted by atomic mass is 10.2. The topological polar surface area (TPSA) is 91.3 Å². The van der Waals surface area contributed by atoms with Crippen LogP contribution in [-0.4, -0.2) is 35.1 Å². The highest BCUT2D eigenvalue weighted by Gasteiger charge is 2.28. The minimum Gasteiger partial charge on any atom is -0.478 e. The zero-order chi connectivity index (χ0) is 13.0. The van der Waals surface area contributed by atoms with E-state index in [9.17, 15) is 9.59 Å². The van der Waals surface area contributed by atoms with Gasteiger partial charge in [-0.1, -0.05) is 0 Å². The molecular formula is C12H15N3O3. The molecule has 0 bridgehead atoms. The van der Waals surface area contributed by atoms with Gasteiger partial charge in [0.25, 0.3) is 0 Å². The van der Waals surface area contributed by atoms with Gasteiger partial charge in [-0.2, -0.15) is 0 Å². The van der Waals surface area contributed by atoms with Gasteiger partial charge < -0.3 is 15.7 Å². The minimum atomic E-state index is -1.02. The molecule has 1 aromatic rings. The molecule has 1 saturated carbocycles. The van der Waals surface area contributed by atoms with E-state index in [1.165, 1.54) is 12.4 Å². The molecule has 0 radical (unpaired) electrons. The SMILES string of the molecule is O=C(O)c1cnccc1NCCNC(=O)C1CC1. The number of anilines is 1. The van der Waals surface area contributed by atoms with Crippen LogP contribution in [0.3, 0.4) is 0 Å². The summed E-state index contributed by atoms with van der Waals surface area (Å²) in [7, 11) is 0. The summed E-state index contributed by atoms with van der Waals surface area (Å²) in [5.74, 6) is -0.738. The molecule has 1 aliphatic carbocycles. The van der Waals surface area contributed by atoms with Crippen molar-refractivity contribution in [3.63, 3.8) is 0 Å². The molecule has 6 heteroatoms. The Morgan fingerprint density at radius 2 is 2.17 bits per heavy atom. The lowest BCUT2D eigenvalue weighted by Gasteiger charge is -2.09. The fourth-order valence-electron chi connectivity index (χ4n) is 1.59. The minimum absolute atomic E-state index is 0.0880. The standard InChI is InChI=1S/C12H15N3O3/c16-11(8-1-2-8)15-6-5-14-10-3-4-13-7-9(10)12(17)18/h3-4,7-8H,1-2,5-6H2,(H,13,14)(H,15,16)(H,17,18). The average molecular weight is 249 g/mol. The molecule has 0 aromatic carbocycles. The zero-order valence-corrected chi connectivity index (χ0v) is 9.85. The summed E-state index contributed by atoms with van der Waals surface area (Å²) in [5, 5.41) is 14.7. The second-order valence-electron chi connectivity index (χ2n) is 4.22. The Morgan fingerprint density at radius 3 is 2.83 bits per heavy atom.